The molecular formula is C11H15N3O. The molecule has 0 aromatic carbocycles. The Hall–Kier alpha value is -1.58. The number of nitrogens with one attached hydrogen (secondary N) is 2. The van der Waals surface area contributed by atoms with E-state index < -0.39 is 0 Å². The molecule has 15 heavy (non-hydrogen) atoms. The number of hydrogen-bond donors (Lipinski definition) is 2. The highest BCUT2D eigenvalue weighted by molar-refractivity contribution is 5.74. The largest absolute Gasteiger partial charge is 0.335 e. The first-order valence-electron chi connectivity index (χ1n) is 5.28. The summed E-state index contributed by atoms with van der Waals surface area (Å²) in [6.45, 7) is 0.534. The van der Waals surface area contributed by atoms with Gasteiger partial charge < -0.3 is 10.6 Å². The van der Waals surface area contributed by atoms with Gasteiger partial charge in [0, 0.05) is 25.0 Å². The second-order valence-electron chi connectivity index (χ2n) is 3.82. The van der Waals surface area contributed by atoms with Gasteiger partial charge in [-0.1, -0.05) is 6.07 Å². The van der Waals surface area contributed by atoms with E-state index in [1.165, 1.54) is 6.42 Å². The molecule has 1 aliphatic carbocycles. The summed E-state index contributed by atoms with van der Waals surface area (Å²) in [4.78, 5) is 15.4. The van der Waals surface area contributed by atoms with Crippen LogP contribution in [-0.4, -0.2) is 17.1 Å². The van der Waals surface area contributed by atoms with Crippen molar-refractivity contribution in [1.29, 1.82) is 0 Å². The Morgan fingerprint density at radius 1 is 1.53 bits per heavy atom. The molecule has 0 unspecified atom stereocenters. The fraction of sp³-hybridized carbons (Fsp3) is 0.455. The molecule has 80 valence electrons. The predicted molar refractivity (Wildman–Crippen MR) is 57.2 cm³/mol. The van der Waals surface area contributed by atoms with Gasteiger partial charge in [0.2, 0.25) is 0 Å². The van der Waals surface area contributed by atoms with Crippen molar-refractivity contribution >= 4 is 6.03 Å². The summed E-state index contributed by atoms with van der Waals surface area (Å²) >= 11 is 0. The molecule has 0 aliphatic heterocycles. The van der Waals surface area contributed by atoms with Crippen LogP contribution in [0.25, 0.3) is 0 Å². The number of pyridine rings is 1. The number of carbonyl (C=O) groups is 1. The number of nitrogens with zero attached hydrogens (tertiary/aromatic N) is 1. The van der Waals surface area contributed by atoms with Crippen molar-refractivity contribution in [3.63, 3.8) is 0 Å². The molecule has 1 fully saturated rings. The van der Waals surface area contributed by atoms with Crippen molar-refractivity contribution in [2.24, 2.45) is 0 Å². The molecule has 1 aromatic rings. The number of urea groups is 1. The number of rotatable bonds is 3. The van der Waals surface area contributed by atoms with Crippen LogP contribution in [0.1, 0.15) is 24.8 Å². The van der Waals surface area contributed by atoms with E-state index in [1.54, 1.807) is 12.4 Å². The van der Waals surface area contributed by atoms with Gasteiger partial charge in [-0.15, -0.1) is 0 Å². The molecule has 2 N–H and O–H groups in total. The second kappa shape index (κ2) is 4.77. The zero-order chi connectivity index (χ0) is 10.5. The summed E-state index contributed by atoms with van der Waals surface area (Å²) in [5.41, 5.74) is 1.02. The third kappa shape index (κ3) is 2.94. The van der Waals surface area contributed by atoms with Crippen molar-refractivity contribution in [2.75, 3.05) is 0 Å². The third-order valence-corrected chi connectivity index (χ3v) is 2.62. The Bertz CT molecular complexity index is 322. The van der Waals surface area contributed by atoms with Crippen molar-refractivity contribution in [3.05, 3.63) is 30.1 Å². The van der Waals surface area contributed by atoms with E-state index in [9.17, 15) is 4.79 Å². The minimum atomic E-state index is -0.0800. The molecule has 2 rings (SSSR count). The first-order chi connectivity index (χ1) is 7.34. The average molecular weight is 205 g/mol. The maximum atomic E-state index is 11.4. The normalized spacial score (nSPS) is 15.5. The van der Waals surface area contributed by atoms with Gasteiger partial charge in [0.15, 0.2) is 0 Å². The Balaban J connectivity index is 1.71. The molecule has 1 aliphatic rings. The van der Waals surface area contributed by atoms with E-state index in [4.69, 9.17) is 0 Å². The van der Waals surface area contributed by atoms with Crippen LogP contribution in [0.15, 0.2) is 24.5 Å². The zero-order valence-corrected chi connectivity index (χ0v) is 8.57. The van der Waals surface area contributed by atoms with Crippen molar-refractivity contribution in [1.82, 2.24) is 15.6 Å². The van der Waals surface area contributed by atoms with Gasteiger partial charge in [-0.2, -0.15) is 0 Å². The zero-order valence-electron chi connectivity index (χ0n) is 8.57. The fourth-order valence-electron chi connectivity index (χ4n) is 1.47. The van der Waals surface area contributed by atoms with Gasteiger partial charge in [0.1, 0.15) is 0 Å². The lowest BCUT2D eigenvalue weighted by atomic mass is 9.93. The quantitative estimate of drug-likeness (QED) is 0.784. The van der Waals surface area contributed by atoms with Crippen LogP contribution in [0.4, 0.5) is 4.79 Å². The second-order valence-corrected chi connectivity index (χ2v) is 3.82. The number of hydrogen-bond acceptors (Lipinski definition) is 2. The molecular weight excluding hydrogens is 190 g/mol. The van der Waals surface area contributed by atoms with Gasteiger partial charge in [-0.25, -0.2) is 4.79 Å². The smallest absolute Gasteiger partial charge is 0.315 e. The molecule has 0 bridgehead atoms. The summed E-state index contributed by atoms with van der Waals surface area (Å²) < 4.78 is 0. The number of amides is 2. The maximum absolute atomic E-state index is 11.4. The van der Waals surface area contributed by atoms with E-state index in [1.807, 2.05) is 12.1 Å². The highest BCUT2D eigenvalue weighted by Gasteiger charge is 2.18. The molecule has 1 heterocycles. The Kier molecular flexibility index (Phi) is 3.17. The van der Waals surface area contributed by atoms with E-state index in [0.717, 1.165) is 18.4 Å². The van der Waals surface area contributed by atoms with E-state index in [-0.39, 0.29) is 6.03 Å². The molecule has 0 spiro atoms. The van der Waals surface area contributed by atoms with E-state index in [2.05, 4.69) is 15.6 Å². The number of carbonyl (C=O) groups excluding carboxylic acids is 1. The van der Waals surface area contributed by atoms with Gasteiger partial charge >= 0.3 is 6.03 Å². The molecule has 2 amide bonds. The molecule has 0 radical (unpaired) electrons. The minimum absolute atomic E-state index is 0.0800. The fourth-order valence-corrected chi connectivity index (χ4v) is 1.47. The summed E-state index contributed by atoms with van der Waals surface area (Å²) in [7, 11) is 0. The summed E-state index contributed by atoms with van der Waals surface area (Å²) in [6.07, 6.45) is 6.93. The Morgan fingerprint density at radius 2 is 2.40 bits per heavy atom. The van der Waals surface area contributed by atoms with Gasteiger partial charge in [0.05, 0.1) is 0 Å². The predicted octanol–water partition coefficient (Wildman–Crippen LogP) is 1.43. The van der Waals surface area contributed by atoms with Gasteiger partial charge in [-0.05, 0) is 30.9 Å². The van der Waals surface area contributed by atoms with E-state index >= 15 is 0 Å². The lowest BCUT2D eigenvalue weighted by molar-refractivity contribution is 0.228. The lowest BCUT2D eigenvalue weighted by Crippen LogP contribution is -2.44. The molecule has 4 heteroatoms. The standard InChI is InChI=1S/C11H15N3O/c15-11(14-10-4-1-5-10)13-8-9-3-2-6-12-7-9/h2-3,6-7,10H,1,4-5,8H2,(H2,13,14,15). The average Bonchev–Trinajstić information content (AvgIpc) is 2.22. The molecule has 4 nitrogen and oxygen atoms in total. The summed E-state index contributed by atoms with van der Waals surface area (Å²) in [5.74, 6) is 0. The van der Waals surface area contributed by atoms with Crippen molar-refractivity contribution in [2.45, 2.75) is 31.8 Å². The monoisotopic (exact) mass is 205 g/mol. The van der Waals surface area contributed by atoms with Gasteiger partial charge in [0.25, 0.3) is 0 Å². The lowest BCUT2D eigenvalue weighted by Gasteiger charge is -2.26. The summed E-state index contributed by atoms with van der Waals surface area (Å²) in [6, 6.07) is 4.11. The highest BCUT2D eigenvalue weighted by Crippen LogP contribution is 2.17. The van der Waals surface area contributed by atoms with Crippen LogP contribution in [0.3, 0.4) is 0 Å². The van der Waals surface area contributed by atoms with Crippen molar-refractivity contribution < 1.29 is 4.79 Å². The molecule has 0 saturated heterocycles. The van der Waals surface area contributed by atoms with E-state index in [0.29, 0.717) is 12.6 Å². The minimum Gasteiger partial charge on any atom is -0.335 e. The van der Waals surface area contributed by atoms with Crippen LogP contribution in [0.2, 0.25) is 0 Å². The van der Waals surface area contributed by atoms with Crippen LogP contribution < -0.4 is 10.6 Å². The molecule has 1 aromatic heterocycles. The molecule has 0 atom stereocenters. The number of aromatic nitrogens is 1. The maximum Gasteiger partial charge on any atom is 0.315 e. The van der Waals surface area contributed by atoms with Crippen LogP contribution in [-0.2, 0) is 6.54 Å². The Morgan fingerprint density at radius 3 is 3.00 bits per heavy atom. The Labute approximate surface area is 89.1 Å². The first-order valence-corrected chi connectivity index (χ1v) is 5.28. The third-order valence-electron chi connectivity index (χ3n) is 2.62. The van der Waals surface area contributed by atoms with Crippen LogP contribution in [0.5, 0.6) is 0 Å². The highest BCUT2D eigenvalue weighted by atomic mass is 16.2. The summed E-state index contributed by atoms with van der Waals surface area (Å²) in [5, 5.41) is 5.72. The molecule has 1 saturated carbocycles. The van der Waals surface area contributed by atoms with Crippen LogP contribution >= 0.6 is 0 Å². The SMILES string of the molecule is O=C(NCc1cccnc1)NC1CCC1. The topological polar surface area (TPSA) is 54.0 Å². The first kappa shape index (κ1) is 9.96. The van der Waals surface area contributed by atoms with Gasteiger partial charge in [-0.3, -0.25) is 4.98 Å². The van der Waals surface area contributed by atoms with Crippen LogP contribution in [0, 0.1) is 0 Å². The van der Waals surface area contributed by atoms with Crippen molar-refractivity contribution in [3.8, 4) is 0 Å².